The van der Waals surface area contributed by atoms with Crippen molar-refractivity contribution in [3.05, 3.63) is 59.2 Å². The summed E-state index contributed by atoms with van der Waals surface area (Å²) in [5.74, 6) is -0.225. The van der Waals surface area contributed by atoms with Crippen LogP contribution in [0.5, 0.6) is 0 Å². The molecule has 0 unspecified atom stereocenters. The van der Waals surface area contributed by atoms with Gasteiger partial charge in [-0.15, -0.1) is 0 Å². The number of fused-ring (bicyclic) bond motifs is 1. The van der Waals surface area contributed by atoms with E-state index in [1.54, 1.807) is 0 Å². The minimum Gasteiger partial charge on any atom is -0.386 e. The molecule has 6 atom stereocenters. The molecule has 3 aliphatic rings. The largest absolute Gasteiger partial charge is 0.386 e. The van der Waals surface area contributed by atoms with Gasteiger partial charge in [-0.25, -0.2) is 0 Å². The summed E-state index contributed by atoms with van der Waals surface area (Å²) in [6.45, 7) is 15.1. The molecule has 0 aromatic heterocycles. The normalized spacial score (nSPS) is 34.8. The van der Waals surface area contributed by atoms with E-state index < -0.39 is 17.5 Å². The second-order valence-electron chi connectivity index (χ2n) is 11.7. The van der Waals surface area contributed by atoms with Gasteiger partial charge in [0.15, 0.2) is 5.79 Å². The molecular formula is C31H47NO4. The Bertz CT molecular complexity index is 926. The topological polar surface area (TPSA) is 51.2 Å². The molecule has 3 aliphatic heterocycles. The fourth-order valence-corrected chi connectivity index (χ4v) is 6.40. The van der Waals surface area contributed by atoms with Gasteiger partial charge < -0.3 is 19.3 Å². The molecule has 200 valence electrons. The van der Waals surface area contributed by atoms with E-state index in [4.69, 9.17) is 14.2 Å². The zero-order valence-corrected chi connectivity index (χ0v) is 23.2. The number of piperidine rings is 1. The molecule has 5 nitrogen and oxygen atoms in total. The average Bonchev–Trinajstić information content (AvgIpc) is 3.42. The first-order chi connectivity index (χ1) is 17.1. The fourth-order valence-electron chi connectivity index (χ4n) is 6.40. The van der Waals surface area contributed by atoms with E-state index in [0.29, 0.717) is 12.5 Å². The van der Waals surface area contributed by atoms with Crippen molar-refractivity contribution in [2.24, 2.45) is 5.92 Å². The smallest absolute Gasteiger partial charge is 0.164 e. The quantitative estimate of drug-likeness (QED) is 0.423. The lowest BCUT2D eigenvalue weighted by Crippen LogP contribution is -2.62. The van der Waals surface area contributed by atoms with Crippen LogP contribution < -0.4 is 0 Å². The van der Waals surface area contributed by atoms with Crippen LogP contribution in [0.4, 0.5) is 0 Å². The maximum Gasteiger partial charge on any atom is 0.164 e. The maximum absolute atomic E-state index is 11.6. The average molecular weight is 498 g/mol. The monoisotopic (exact) mass is 497 g/mol. The first kappa shape index (κ1) is 27.5. The molecule has 1 aromatic rings. The number of nitrogens with zero attached hydrogens (tertiary/aromatic N) is 1. The van der Waals surface area contributed by atoms with E-state index in [9.17, 15) is 5.11 Å². The highest BCUT2D eigenvalue weighted by Gasteiger charge is 2.51. The Balaban J connectivity index is 1.48. The number of ether oxygens (including phenoxy) is 3. The Morgan fingerprint density at radius 2 is 1.97 bits per heavy atom. The van der Waals surface area contributed by atoms with Crippen molar-refractivity contribution in [2.75, 3.05) is 13.1 Å². The van der Waals surface area contributed by atoms with Crippen LogP contribution in [0.25, 0.3) is 0 Å². The number of rotatable bonds is 9. The Morgan fingerprint density at radius 1 is 1.22 bits per heavy atom. The number of hydrogen-bond acceptors (Lipinski definition) is 5. The summed E-state index contributed by atoms with van der Waals surface area (Å²) in [6.07, 6.45) is 9.37. The van der Waals surface area contributed by atoms with E-state index in [2.05, 4.69) is 56.9 Å². The Labute approximate surface area is 218 Å². The summed E-state index contributed by atoms with van der Waals surface area (Å²) < 4.78 is 18.8. The van der Waals surface area contributed by atoms with Crippen molar-refractivity contribution in [3.63, 3.8) is 0 Å². The standard InChI is InChI=1S/C31H47NO4/c1-7-12-25(28-23(3)35-30(4,5)36-28)17-16-22(2)19-26-20-32-18-11-15-27(32)31(6,29(26)33)34-21-24-13-9-8-10-14-24/h8-10,13-14,17,19,22-23,27-29,33H,7,11-12,15-16,18,20-21H2,1-6H3/b25-17+,26-19+/t22-,23-,27+,28+,29-,31-/m1/s1. The Kier molecular flexibility index (Phi) is 8.79. The van der Waals surface area contributed by atoms with Crippen molar-refractivity contribution in [3.8, 4) is 0 Å². The molecule has 0 bridgehead atoms. The van der Waals surface area contributed by atoms with Gasteiger partial charge in [0.25, 0.3) is 0 Å². The van der Waals surface area contributed by atoms with Crippen LogP contribution >= 0.6 is 0 Å². The van der Waals surface area contributed by atoms with Gasteiger partial charge in [0.2, 0.25) is 0 Å². The molecule has 3 saturated heterocycles. The molecular weight excluding hydrogens is 450 g/mol. The minimum atomic E-state index is -0.616. The zero-order chi connectivity index (χ0) is 25.9. The van der Waals surface area contributed by atoms with E-state index in [1.165, 1.54) is 5.57 Å². The molecule has 4 rings (SSSR count). The van der Waals surface area contributed by atoms with Crippen molar-refractivity contribution < 1.29 is 19.3 Å². The van der Waals surface area contributed by atoms with Crippen LogP contribution in [-0.4, -0.2) is 58.8 Å². The van der Waals surface area contributed by atoms with Crippen LogP contribution in [0.1, 0.15) is 79.2 Å². The van der Waals surface area contributed by atoms with Gasteiger partial charge in [-0.3, -0.25) is 4.90 Å². The van der Waals surface area contributed by atoms with Crippen LogP contribution in [0.2, 0.25) is 0 Å². The highest BCUT2D eigenvalue weighted by atomic mass is 16.7. The minimum absolute atomic E-state index is 0.0140. The van der Waals surface area contributed by atoms with Gasteiger partial charge in [-0.1, -0.05) is 62.8 Å². The third kappa shape index (κ3) is 6.14. The molecule has 1 aromatic carbocycles. The van der Waals surface area contributed by atoms with Crippen LogP contribution in [0.15, 0.2) is 53.6 Å². The summed E-state index contributed by atoms with van der Waals surface area (Å²) in [4.78, 5) is 2.52. The van der Waals surface area contributed by atoms with Crippen LogP contribution in [0.3, 0.4) is 0 Å². The van der Waals surface area contributed by atoms with Gasteiger partial charge in [0.1, 0.15) is 17.8 Å². The molecule has 3 fully saturated rings. The van der Waals surface area contributed by atoms with Crippen LogP contribution in [0, 0.1) is 5.92 Å². The number of hydrogen-bond donors (Lipinski definition) is 1. The lowest BCUT2D eigenvalue weighted by atomic mass is 9.79. The van der Waals surface area contributed by atoms with E-state index >= 15 is 0 Å². The Hall–Kier alpha value is -1.50. The molecule has 3 heterocycles. The third-order valence-corrected chi connectivity index (χ3v) is 8.16. The highest BCUT2D eigenvalue weighted by molar-refractivity contribution is 5.25. The number of allylic oxidation sites excluding steroid dienone is 2. The summed E-state index contributed by atoms with van der Waals surface area (Å²) in [5.41, 5.74) is 2.95. The second kappa shape index (κ2) is 11.5. The number of aliphatic hydroxyl groups excluding tert-OH is 1. The fraction of sp³-hybridized carbons (Fsp3) is 0.677. The van der Waals surface area contributed by atoms with Crippen molar-refractivity contribution in [1.82, 2.24) is 4.90 Å². The maximum atomic E-state index is 11.6. The molecule has 36 heavy (non-hydrogen) atoms. The summed E-state index contributed by atoms with van der Waals surface area (Å²) in [5, 5.41) is 11.6. The van der Waals surface area contributed by atoms with Gasteiger partial charge in [-0.2, -0.15) is 0 Å². The van der Waals surface area contributed by atoms with Crippen molar-refractivity contribution in [1.29, 1.82) is 0 Å². The molecule has 0 amide bonds. The van der Waals surface area contributed by atoms with Crippen LogP contribution in [-0.2, 0) is 20.8 Å². The summed E-state index contributed by atoms with van der Waals surface area (Å²) in [6, 6.07) is 10.5. The molecule has 0 aliphatic carbocycles. The van der Waals surface area contributed by atoms with Gasteiger partial charge in [0, 0.05) is 12.6 Å². The lowest BCUT2D eigenvalue weighted by molar-refractivity contribution is -0.158. The molecule has 5 heteroatoms. The number of aliphatic hydroxyl groups is 1. The van der Waals surface area contributed by atoms with Crippen molar-refractivity contribution in [2.45, 2.75) is 116 Å². The first-order valence-corrected chi connectivity index (χ1v) is 14.0. The van der Waals surface area contributed by atoms with Crippen molar-refractivity contribution >= 4 is 0 Å². The van der Waals surface area contributed by atoms with E-state index in [1.807, 2.05) is 32.0 Å². The zero-order valence-electron chi connectivity index (χ0n) is 23.2. The first-order valence-electron chi connectivity index (χ1n) is 14.0. The van der Waals surface area contributed by atoms with Gasteiger partial charge in [0.05, 0.1) is 12.7 Å². The lowest BCUT2D eigenvalue weighted by Gasteiger charge is -2.49. The molecule has 0 radical (unpaired) electrons. The predicted molar refractivity (Wildman–Crippen MR) is 145 cm³/mol. The Morgan fingerprint density at radius 3 is 2.64 bits per heavy atom. The summed E-state index contributed by atoms with van der Waals surface area (Å²) >= 11 is 0. The highest BCUT2D eigenvalue weighted by Crippen LogP contribution is 2.41. The molecule has 1 N–H and O–H groups in total. The van der Waals surface area contributed by atoms with Gasteiger partial charge >= 0.3 is 0 Å². The van der Waals surface area contributed by atoms with E-state index in [-0.39, 0.29) is 18.2 Å². The van der Waals surface area contributed by atoms with E-state index in [0.717, 1.165) is 56.3 Å². The molecule has 0 saturated carbocycles. The summed E-state index contributed by atoms with van der Waals surface area (Å²) in [7, 11) is 0. The predicted octanol–water partition coefficient (Wildman–Crippen LogP) is 6.02. The second-order valence-corrected chi connectivity index (χ2v) is 11.7. The molecule has 0 spiro atoms. The SMILES string of the molecule is CCC/C(=C\C[C@@H](C)/C=C1\CN2CCC[C@H]2[C@@](C)(OCc2ccccc2)[C@@H]1O)[C@H]1OC(C)(C)O[C@@H]1C. The number of benzene rings is 1. The third-order valence-electron chi connectivity index (χ3n) is 8.16. The van der Waals surface area contributed by atoms with Gasteiger partial charge in [-0.05, 0) is 82.6 Å².